The number of hydrogen-bond acceptors (Lipinski definition) is 2. The summed E-state index contributed by atoms with van der Waals surface area (Å²) in [5, 5.41) is 7.60. The molecule has 1 unspecified atom stereocenters. The van der Waals surface area contributed by atoms with E-state index >= 15 is 0 Å². The number of hydrogen-bond donors (Lipinski definition) is 2. The molecular formula is C17H28ClIN4. The highest BCUT2D eigenvalue weighted by Gasteiger charge is 2.32. The van der Waals surface area contributed by atoms with Gasteiger partial charge in [0, 0.05) is 31.2 Å². The van der Waals surface area contributed by atoms with Gasteiger partial charge in [-0.25, -0.2) is 0 Å². The third kappa shape index (κ3) is 7.27. The summed E-state index contributed by atoms with van der Waals surface area (Å²) < 4.78 is 0. The molecular weight excluding hydrogens is 423 g/mol. The molecule has 1 aliphatic carbocycles. The number of aliphatic imine (C=N–C) groups is 1. The average Bonchev–Trinajstić information content (AvgIpc) is 3.30. The van der Waals surface area contributed by atoms with Crippen molar-refractivity contribution in [2.75, 3.05) is 34.2 Å². The van der Waals surface area contributed by atoms with Gasteiger partial charge in [0.15, 0.2) is 5.96 Å². The molecule has 1 atom stereocenters. The molecule has 0 radical (unpaired) electrons. The topological polar surface area (TPSA) is 39.7 Å². The molecule has 0 aliphatic heterocycles. The van der Waals surface area contributed by atoms with Gasteiger partial charge < -0.3 is 15.5 Å². The van der Waals surface area contributed by atoms with E-state index in [9.17, 15) is 0 Å². The van der Waals surface area contributed by atoms with Gasteiger partial charge in [0.2, 0.25) is 0 Å². The normalized spacial score (nSPS) is 16.0. The van der Waals surface area contributed by atoms with Crippen LogP contribution in [0.4, 0.5) is 0 Å². The molecule has 0 aromatic heterocycles. The lowest BCUT2D eigenvalue weighted by Gasteiger charge is -2.25. The monoisotopic (exact) mass is 450 g/mol. The molecule has 1 aromatic rings. The van der Waals surface area contributed by atoms with Crippen LogP contribution >= 0.6 is 35.6 Å². The molecule has 6 heteroatoms. The van der Waals surface area contributed by atoms with E-state index in [0.29, 0.717) is 6.04 Å². The van der Waals surface area contributed by atoms with Crippen molar-refractivity contribution < 1.29 is 0 Å². The van der Waals surface area contributed by atoms with Crippen LogP contribution in [0.1, 0.15) is 18.4 Å². The fourth-order valence-electron chi connectivity index (χ4n) is 2.69. The average molecular weight is 451 g/mol. The van der Waals surface area contributed by atoms with Crippen LogP contribution in [0.3, 0.4) is 0 Å². The minimum Gasteiger partial charge on any atom is -0.356 e. The van der Waals surface area contributed by atoms with Gasteiger partial charge in [0.1, 0.15) is 0 Å². The van der Waals surface area contributed by atoms with Crippen LogP contribution in [-0.4, -0.2) is 51.1 Å². The van der Waals surface area contributed by atoms with E-state index in [0.717, 1.165) is 36.4 Å². The second-order valence-corrected chi connectivity index (χ2v) is 6.56. The van der Waals surface area contributed by atoms with E-state index in [4.69, 9.17) is 11.6 Å². The van der Waals surface area contributed by atoms with Crippen LogP contribution in [-0.2, 0) is 6.42 Å². The van der Waals surface area contributed by atoms with Gasteiger partial charge in [0.05, 0.1) is 0 Å². The molecule has 0 saturated heterocycles. The summed E-state index contributed by atoms with van der Waals surface area (Å²) in [4.78, 5) is 6.61. The zero-order valence-electron chi connectivity index (χ0n) is 14.2. The SMILES string of the molecule is CN=C(NCCc1cccc(Cl)c1)NCC(C1CC1)N(C)C.I. The quantitative estimate of drug-likeness (QED) is 0.381. The van der Waals surface area contributed by atoms with Crippen molar-refractivity contribution in [1.29, 1.82) is 0 Å². The smallest absolute Gasteiger partial charge is 0.191 e. The zero-order chi connectivity index (χ0) is 15.9. The molecule has 2 N–H and O–H groups in total. The van der Waals surface area contributed by atoms with E-state index in [-0.39, 0.29) is 24.0 Å². The van der Waals surface area contributed by atoms with E-state index in [2.05, 4.69) is 40.7 Å². The maximum Gasteiger partial charge on any atom is 0.191 e. The molecule has 0 amide bonds. The lowest BCUT2D eigenvalue weighted by molar-refractivity contribution is 0.264. The molecule has 0 bridgehead atoms. The maximum absolute atomic E-state index is 6.00. The molecule has 23 heavy (non-hydrogen) atoms. The first-order valence-electron chi connectivity index (χ1n) is 7.95. The minimum atomic E-state index is 0. The van der Waals surface area contributed by atoms with Crippen LogP contribution in [0.5, 0.6) is 0 Å². The zero-order valence-corrected chi connectivity index (χ0v) is 17.3. The summed E-state index contributed by atoms with van der Waals surface area (Å²) in [5.74, 6) is 1.71. The molecule has 4 nitrogen and oxygen atoms in total. The van der Waals surface area contributed by atoms with Crippen molar-refractivity contribution in [3.63, 3.8) is 0 Å². The summed E-state index contributed by atoms with van der Waals surface area (Å²) in [6.07, 6.45) is 3.64. The van der Waals surface area contributed by atoms with Crippen LogP contribution in [0.2, 0.25) is 5.02 Å². The van der Waals surface area contributed by atoms with Crippen molar-refractivity contribution in [3.05, 3.63) is 34.9 Å². The predicted molar refractivity (Wildman–Crippen MR) is 110 cm³/mol. The van der Waals surface area contributed by atoms with Crippen molar-refractivity contribution in [2.24, 2.45) is 10.9 Å². The summed E-state index contributed by atoms with van der Waals surface area (Å²) in [6, 6.07) is 8.58. The Kier molecular flexibility index (Phi) is 9.24. The Balaban J connectivity index is 0.00000264. The fraction of sp³-hybridized carbons (Fsp3) is 0.588. The summed E-state index contributed by atoms with van der Waals surface area (Å²) >= 11 is 6.00. The van der Waals surface area contributed by atoms with Crippen molar-refractivity contribution in [1.82, 2.24) is 15.5 Å². The van der Waals surface area contributed by atoms with Crippen LogP contribution in [0.15, 0.2) is 29.3 Å². The number of benzene rings is 1. The Hall–Kier alpha value is -0.530. The van der Waals surface area contributed by atoms with Crippen molar-refractivity contribution in [2.45, 2.75) is 25.3 Å². The summed E-state index contributed by atoms with van der Waals surface area (Å²) in [7, 11) is 6.12. The predicted octanol–water partition coefficient (Wildman–Crippen LogP) is 3.01. The highest BCUT2D eigenvalue weighted by molar-refractivity contribution is 14.0. The van der Waals surface area contributed by atoms with Crippen molar-refractivity contribution in [3.8, 4) is 0 Å². The number of likely N-dealkylation sites (N-methyl/N-ethyl adjacent to an activating group) is 1. The Morgan fingerprint density at radius 1 is 1.35 bits per heavy atom. The molecule has 1 aromatic carbocycles. The van der Waals surface area contributed by atoms with Crippen LogP contribution in [0.25, 0.3) is 0 Å². The highest BCUT2D eigenvalue weighted by atomic mass is 127. The Morgan fingerprint density at radius 2 is 2.09 bits per heavy atom. The standard InChI is InChI=1S/C17H27ClN4.HI/c1-19-17(21-12-16(22(2)3)14-7-8-14)20-10-9-13-5-4-6-15(18)11-13;/h4-6,11,14,16H,7-10,12H2,1-3H3,(H2,19,20,21);1H. The first-order valence-corrected chi connectivity index (χ1v) is 8.33. The van der Waals surface area contributed by atoms with Gasteiger partial charge in [-0.05, 0) is 57.0 Å². The third-order valence-electron chi connectivity index (χ3n) is 4.13. The lowest BCUT2D eigenvalue weighted by Crippen LogP contribution is -2.46. The maximum atomic E-state index is 6.00. The Labute approximate surface area is 162 Å². The first-order chi connectivity index (χ1) is 10.6. The number of nitrogens with one attached hydrogen (secondary N) is 2. The van der Waals surface area contributed by atoms with Gasteiger partial charge in [-0.2, -0.15) is 0 Å². The largest absolute Gasteiger partial charge is 0.356 e. The van der Waals surface area contributed by atoms with E-state index < -0.39 is 0 Å². The van der Waals surface area contributed by atoms with Crippen LogP contribution < -0.4 is 10.6 Å². The summed E-state index contributed by atoms with van der Waals surface area (Å²) in [5.41, 5.74) is 1.24. The number of halogens is 2. The van der Waals surface area contributed by atoms with Gasteiger partial charge in [0.25, 0.3) is 0 Å². The fourth-order valence-corrected chi connectivity index (χ4v) is 2.90. The van der Waals surface area contributed by atoms with Crippen molar-refractivity contribution >= 4 is 41.5 Å². The van der Waals surface area contributed by atoms with Gasteiger partial charge in [-0.15, -0.1) is 24.0 Å². The van der Waals surface area contributed by atoms with E-state index in [1.165, 1.54) is 18.4 Å². The second-order valence-electron chi connectivity index (χ2n) is 6.13. The Morgan fingerprint density at radius 3 is 2.65 bits per heavy atom. The molecule has 0 heterocycles. The van der Waals surface area contributed by atoms with Gasteiger partial charge in [-0.3, -0.25) is 4.99 Å². The molecule has 1 aliphatic rings. The number of guanidine groups is 1. The number of nitrogens with zero attached hydrogens (tertiary/aromatic N) is 2. The minimum absolute atomic E-state index is 0. The molecule has 0 spiro atoms. The second kappa shape index (κ2) is 10.4. The van der Waals surface area contributed by atoms with E-state index in [1.54, 1.807) is 0 Å². The van der Waals surface area contributed by atoms with Crippen LogP contribution in [0, 0.1) is 5.92 Å². The van der Waals surface area contributed by atoms with E-state index in [1.807, 2.05) is 25.2 Å². The van der Waals surface area contributed by atoms with Gasteiger partial charge in [-0.1, -0.05) is 23.7 Å². The molecule has 130 valence electrons. The third-order valence-corrected chi connectivity index (χ3v) is 4.36. The summed E-state index contributed by atoms with van der Waals surface area (Å²) in [6.45, 7) is 1.78. The molecule has 1 fully saturated rings. The molecule has 2 rings (SSSR count). The first kappa shape index (κ1) is 20.5. The Bertz CT molecular complexity index is 501. The molecule has 1 saturated carbocycles. The highest BCUT2D eigenvalue weighted by Crippen LogP contribution is 2.34. The number of rotatable bonds is 7. The van der Waals surface area contributed by atoms with Gasteiger partial charge >= 0.3 is 0 Å². The lowest BCUT2D eigenvalue weighted by atomic mass is 10.1.